The summed E-state index contributed by atoms with van der Waals surface area (Å²) in [5, 5.41) is 1.22. The van der Waals surface area contributed by atoms with Crippen LogP contribution in [0, 0.1) is 6.92 Å². The zero-order valence-electron chi connectivity index (χ0n) is 8.50. The van der Waals surface area contributed by atoms with Crippen LogP contribution in [-0.4, -0.2) is 22.5 Å². The first-order chi connectivity index (χ1) is 6.16. The van der Waals surface area contributed by atoms with E-state index in [-0.39, 0.29) is 0 Å². The van der Waals surface area contributed by atoms with Crippen LogP contribution >= 0.6 is 11.3 Å². The van der Waals surface area contributed by atoms with Gasteiger partial charge in [-0.3, -0.25) is 4.90 Å². The third kappa shape index (κ3) is 1.76. The summed E-state index contributed by atoms with van der Waals surface area (Å²) in [6.45, 7) is 8.91. The molecule has 2 rings (SSSR count). The number of aryl methyl sites for hydroxylation is 1. The van der Waals surface area contributed by atoms with Crippen molar-refractivity contribution in [3.63, 3.8) is 0 Å². The molecule has 0 unspecified atom stereocenters. The summed E-state index contributed by atoms with van der Waals surface area (Å²) in [6, 6.07) is 0.663. The molecular formula is C10H16N2S. The van der Waals surface area contributed by atoms with Gasteiger partial charge in [0.25, 0.3) is 0 Å². The number of rotatable bonds is 1. The molecule has 0 radical (unpaired) electrons. The van der Waals surface area contributed by atoms with Gasteiger partial charge in [-0.25, -0.2) is 4.98 Å². The van der Waals surface area contributed by atoms with Crippen LogP contribution in [0.1, 0.15) is 29.4 Å². The van der Waals surface area contributed by atoms with Gasteiger partial charge in [0.05, 0.1) is 10.7 Å². The van der Waals surface area contributed by atoms with Gasteiger partial charge in [-0.15, -0.1) is 11.3 Å². The van der Waals surface area contributed by atoms with Crippen molar-refractivity contribution in [3.8, 4) is 0 Å². The molecule has 0 amide bonds. The third-order valence-electron chi connectivity index (χ3n) is 2.60. The Kier molecular flexibility index (Phi) is 2.39. The maximum atomic E-state index is 4.54. The van der Waals surface area contributed by atoms with Gasteiger partial charge < -0.3 is 0 Å². The molecule has 2 heterocycles. The van der Waals surface area contributed by atoms with E-state index in [2.05, 4.69) is 30.7 Å². The Morgan fingerprint density at radius 1 is 1.46 bits per heavy atom. The SMILES string of the molecule is Cc1nc2c(s1)CN(C(C)C)CC2. The number of thiazole rings is 1. The molecule has 3 heteroatoms. The van der Waals surface area contributed by atoms with Crippen molar-refractivity contribution in [2.45, 2.75) is 39.8 Å². The second-order valence-electron chi connectivity index (χ2n) is 3.92. The van der Waals surface area contributed by atoms with E-state index in [0.717, 1.165) is 13.0 Å². The van der Waals surface area contributed by atoms with Gasteiger partial charge in [0, 0.05) is 30.4 Å². The number of aromatic nitrogens is 1. The van der Waals surface area contributed by atoms with E-state index in [1.165, 1.54) is 22.1 Å². The molecule has 0 saturated carbocycles. The summed E-state index contributed by atoms with van der Waals surface area (Å²) in [5.41, 5.74) is 1.35. The van der Waals surface area contributed by atoms with Crippen LogP contribution in [0.4, 0.5) is 0 Å². The normalized spacial score (nSPS) is 17.8. The molecule has 0 saturated heterocycles. The summed E-state index contributed by atoms with van der Waals surface area (Å²) in [6.07, 6.45) is 1.14. The monoisotopic (exact) mass is 196 g/mol. The highest BCUT2D eigenvalue weighted by atomic mass is 32.1. The Morgan fingerprint density at radius 2 is 2.23 bits per heavy atom. The van der Waals surface area contributed by atoms with E-state index in [0.29, 0.717) is 6.04 Å². The van der Waals surface area contributed by atoms with Crippen LogP contribution in [0.3, 0.4) is 0 Å². The lowest BCUT2D eigenvalue weighted by Crippen LogP contribution is -2.35. The van der Waals surface area contributed by atoms with Gasteiger partial charge in [-0.1, -0.05) is 0 Å². The number of hydrogen-bond acceptors (Lipinski definition) is 3. The lowest BCUT2D eigenvalue weighted by Gasteiger charge is -2.29. The molecule has 0 aromatic carbocycles. The summed E-state index contributed by atoms with van der Waals surface area (Å²) in [4.78, 5) is 8.53. The zero-order chi connectivity index (χ0) is 9.42. The van der Waals surface area contributed by atoms with Crippen molar-refractivity contribution in [1.29, 1.82) is 0 Å². The van der Waals surface area contributed by atoms with Gasteiger partial charge in [-0.2, -0.15) is 0 Å². The summed E-state index contributed by atoms with van der Waals surface area (Å²) >= 11 is 1.86. The van der Waals surface area contributed by atoms with Crippen molar-refractivity contribution in [2.75, 3.05) is 6.54 Å². The molecule has 1 aromatic heterocycles. The molecule has 0 N–H and O–H groups in total. The van der Waals surface area contributed by atoms with Crippen LogP contribution in [-0.2, 0) is 13.0 Å². The lowest BCUT2D eigenvalue weighted by atomic mass is 10.1. The molecule has 1 aliphatic heterocycles. The zero-order valence-corrected chi connectivity index (χ0v) is 9.32. The van der Waals surface area contributed by atoms with Crippen LogP contribution in [0.25, 0.3) is 0 Å². The highest BCUT2D eigenvalue weighted by Crippen LogP contribution is 2.25. The average Bonchev–Trinajstić information content (AvgIpc) is 2.42. The minimum Gasteiger partial charge on any atom is -0.295 e. The number of nitrogens with zero attached hydrogens (tertiary/aromatic N) is 2. The van der Waals surface area contributed by atoms with Crippen molar-refractivity contribution in [2.24, 2.45) is 0 Å². The van der Waals surface area contributed by atoms with E-state index in [4.69, 9.17) is 0 Å². The quantitative estimate of drug-likeness (QED) is 0.684. The van der Waals surface area contributed by atoms with Crippen LogP contribution in [0.2, 0.25) is 0 Å². The predicted molar refractivity (Wildman–Crippen MR) is 56.1 cm³/mol. The second kappa shape index (κ2) is 3.39. The molecule has 0 bridgehead atoms. The largest absolute Gasteiger partial charge is 0.295 e. The molecule has 2 nitrogen and oxygen atoms in total. The Morgan fingerprint density at radius 3 is 2.92 bits per heavy atom. The lowest BCUT2D eigenvalue weighted by molar-refractivity contribution is 0.205. The second-order valence-corrected chi connectivity index (χ2v) is 5.20. The Labute approximate surface area is 83.6 Å². The minimum atomic E-state index is 0.663. The van der Waals surface area contributed by atoms with E-state index in [1.807, 2.05) is 11.3 Å². The Balaban J connectivity index is 2.19. The summed E-state index contributed by atoms with van der Waals surface area (Å²) in [5.74, 6) is 0. The standard InChI is InChI=1S/C10H16N2S/c1-7(2)12-5-4-9-10(6-12)13-8(3)11-9/h7H,4-6H2,1-3H3. The molecule has 72 valence electrons. The summed E-state index contributed by atoms with van der Waals surface area (Å²) < 4.78 is 0. The first kappa shape index (κ1) is 9.16. The van der Waals surface area contributed by atoms with Crippen molar-refractivity contribution in [1.82, 2.24) is 9.88 Å². The van der Waals surface area contributed by atoms with E-state index in [1.54, 1.807) is 0 Å². The maximum Gasteiger partial charge on any atom is 0.0900 e. The Hall–Kier alpha value is -0.410. The first-order valence-electron chi connectivity index (χ1n) is 4.86. The number of fused-ring (bicyclic) bond motifs is 1. The Bertz CT molecular complexity index is 304. The number of hydrogen-bond donors (Lipinski definition) is 0. The average molecular weight is 196 g/mol. The van der Waals surface area contributed by atoms with E-state index < -0.39 is 0 Å². The minimum absolute atomic E-state index is 0.663. The smallest absolute Gasteiger partial charge is 0.0900 e. The predicted octanol–water partition coefficient (Wildman–Crippen LogP) is 2.22. The topological polar surface area (TPSA) is 16.1 Å². The molecule has 1 aliphatic rings. The summed E-state index contributed by atoms with van der Waals surface area (Å²) in [7, 11) is 0. The molecule has 0 aliphatic carbocycles. The van der Waals surface area contributed by atoms with E-state index in [9.17, 15) is 0 Å². The van der Waals surface area contributed by atoms with Gasteiger partial charge in [0.1, 0.15) is 0 Å². The fraction of sp³-hybridized carbons (Fsp3) is 0.700. The van der Waals surface area contributed by atoms with Gasteiger partial charge in [0.2, 0.25) is 0 Å². The highest BCUT2D eigenvalue weighted by molar-refractivity contribution is 7.11. The van der Waals surface area contributed by atoms with Gasteiger partial charge in [0.15, 0.2) is 0 Å². The third-order valence-corrected chi connectivity index (χ3v) is 3.60. The molecule has 1 aromatic rings. The fourth-order valence-corrected chi connectivity index (χ4v) is 2.79. The van der Waals surface area contributed by atoms with E-state index >= 15 is 0 Å². The van der Waals surface area contributed by atoms with Crippen molar-refractivity contribution < 1.29 is 0 Å². The maximum absolute atomic E-state index is 4.54. The van der Waals surface area contributed by atoms with Gasteiger partial charge in [-0.05, 0) is 20.8 Å². The highest BCUT2D eigenvalue weighted by Gasteiger charge is 2.20. The molecular weight excluding hydrogens is 180 g/mol. The van der Waals surface area contributed by atoms with Crippen LogP contribution in [0.5, 0.6) is 0 Å². The molecule has 0 spiro atoms. The van der Waals surface area contributed by atoms with Crippen molar-refractivity contribution in [3.05, 3.63) is 15.6 Å². The molecule has 13 heavy (non-hydrogen) atoms. The molecule has 0 fully saturated rings. The first-order valence-corrected chi connectivity index (χ1v) is 5.67. The van der Waals surface area contributed by atoms with Gasteiger partial charge >= 0.3 is 0 Å². The van der Waals surface area contributed by atoms with Crippen LogP contribution < -0.4 is 0 Å². The van der Waals surface area contributed by atoms with Crippen molar-refractivity contribution >= 4 is 11.3 Å². The fourth-order valence-electron chi connectivity index (χ4n) is 1.79. The van der Waals surface area contributed by atoms with Crippen LogP contribution in [0.15, 0.2) is 0 Å². The molecule has 0 atom stereocenters.